The standard InChI is InChI=1S/C18H24N6/c1-19-18(21-11-15-24-13-5-10-22-24)20-9-4-12-23-14-8-16-6-2-3-7-17(16)23/h2-3,5-8,10,13-14H,4,9,11-12,15H2,1H3,(H2,19,20,21). The summed E-state index contributed by atoms with van der Waals surface area (Å²) in [5, 5.41) is 12.1. The van der Waals surface area contributed by atoms with E-state index in [9.17, 15) is 0 Å². The number of para-hydroxylation sites is 1. The van der Waals surface area contributed by atoms with Crippen molar-refractivity contribution in [3.8, 4) is 0 Å². The molecule has 2 heterocycles. The van der Waals surface area contributed by atoms with Crippen molar-refractivity contribution in [1.82, 2.24) is 25.0 Å². The maximum absolute atomic E-state index is 4.25. The Morgan fingerprint density at radius 1 is 1.04 bits per heavy atom. The van der Waals surface area contributed by atoms with E-state index in [2.05, 4.69) is 61.8 Å². The number of rotatable bonds is 7. The molecule has 126 valence electrons. The summed E-state index contributed by atoms with van der Waals surface area (Å²) in [5.41, 5.74) is 1.29. The second-order valence-corrected chi connectivity index (χ2v) is 5.62. The van der Waals surface area contributed by atoms with E-state index in [4.69, 9.17) is 0 Å². The Balaban J connectivity index is 1.38. The molecule has 0 fully saturated rings. The smallest absolute Gasteiger partial charge is 0.191 e. The van der Waals surface area contributed by atoms with Crippen molar-refractivity contribution >= 4 is 16.9 Å². The molecule has 2 aromatic heterocycles. The van der Waals surface area contributed by atoms with Gasteiger partial charge in [0.05, 0.1) is 6.54 Å². The van der Waals surface area contributed by atoms with E-state index >= 15 is 0 Å². The van der Waals surface area contributed by atoms with Crippen molar-refractivity contribution in [1.29, 1.82) is 0 Å². The molecule has 0 amide bonds. The lowest BCUT2D eigenvalue weighted by atomic mass is 10.2. The minimum atomic E-state index is 0.795. The molecule has 0 bridgehead atoms. The van der Waals surface area contributed by atoms with Gasteiger partial charge in [0, 0.05) is 50.8 Å². The average Bonchev–Trinajstić information content (AvgIpc) is 3.27. The second kappa shape index (κ2) is 8.19. The van der Waals surface area contributed by atoms with E-state index in [1.54, 1.807) is 13.2 Å². The number of aryl methyl sites for hydroxylation is 1. The lowest BCUT2D eigenvalue weighted by molar-refractivity contribution is 0.593. The lowest BCUT2D eigenvalue weighted by Gasteiger charge is -2.12. The van der Waals surface area contributed by atoms with Gasteiger partial charge in [-0.1, -0.05) is 18.2 Å². The number of guanidine groups is 1. The molecule has 2 N–H and O–H groups in total. The molecular weight excluding hydrogens is 300 g/mol. The van der Waals surface area contributed by atoms with E-state index < -0.39 is 0 Å². The van der Waals surface area contributed by atoms with Crippen LogP contribution in [-0.2, 0) is 13.1 Å². The third-order valence-electron chi connectivity index (χ3n) is 3.96. The summed E-state index contributed by atoms with van der Waals surface area (Å²) in [5.74, 6) is 0.833. The summed E-state index contributed by atoms with van der Waals surface area (Å²) in [7, 11) is 1.79. The molecular formula is C18H24N6. The van der Waals surface area contributed by atoms with Crippen LogP contribution in [0.3, 0.4) is 0 Å². The quantitative estimate of drug-likeness (QED) is 0.397. The summed E-state index contributed by atoms with van der Waals surface area (Å²) in [6.07, 6.45) is 6.94. The molecule has 24 heavy (non-hydrogen) atoms. The summed E-state index contributed by atoms with van der Waals surface area (Å²) in [6.45, 7) is 3.49. The average molecular weight is 324 g/mol. The third kappa shape index (κ3) is 4.16. The minimum absolute atomic E-state index is 0.795. The molecule has 6 nitrogen and oxygen atoms in total. The molecule has 0 aliphatic carbocycles. The fourth-order valence-electron chi connectivity index (χ4n) is 2.73. The highest BCUT2D eigenvalue weighted by Gasteiger charge is 2.01. The Hall–Kier alpha value is -2.76. The van der Waals surface area contributed by atoms with Crippen molar-refractivity contribution in [2.75, 3.05) is 20.1 Å². The summed E-state index contributed by atoms with van der Waals surface area (Å²) < 4.78 is 4.20. The highest BCUT2D eigenvalue weighted by molar-refractivity contribution is 5.80. The Kier molecular flexibility index (Phi) is 5.50. The number of hydrogen-bond donors (Lipinski definition) is 2. The van der Waals surface area contributed by atoms with Crippen LogP contribution in [0, 0.1) is 0 Å². The van der Waals surface area contributed by atoms with Crippen LogP contribution in [0.5, 0.6) is 0 Å². The van der Waals surface area contributed by atoms with Gasteiger partial charge in [-0.25, -0.2) is 0 Å². The third-order valence-corrected chi connectivity index (χ3v) is 3.96. The molecule has 0 aliphatic heterocycles. The topological polar surface area (TPSA) is 59.2 Å². The van der Waals surface area contributed by atoms with Gasteiger partial charge in [-0.2, -0.15) is 5.10 Å². The van der Waals surface area contributed by atoms with Gasteiger partial charge in [-0.15, -0.1) is 0 Å². The van der Waals surface area contributed by atoms with E-state index in [1.165, 1.54) is 10.9 Å². The predicted molar refractivity (Wildman–Crippen MR) is 98.1 cm³/mol. The van der Waals surface area contributed by atoms with Gasteiger partial charge in [-0.05, 0) is 30.0 Å². The number of aromatic nitrogens is 3. The van der Waals surface area contributed by atoms with Crippen molar-refractivity contribution in [3.63, 3.8) is 0 Å². The Morgan fingerprint density at radius 3 is 2.75 bits per heavy atom. The highest BCUT2D eigenvalue weighted by atomic mass is 15.3. The zero-order valence-electron chi connectivity index (χ0n) is 14.0. The number of nitrogens with zero attached hydrogens (tertiary/aromatic N) is 4. The van der Waals surface area contributed by atoms with Gasteiger partial charge >= 0.3 is 0 Å². The van der Waals surface area contributed by atoms with Crippen molar-refractivity contribution in [2.24, 2.45) is 4.99 Å². The van der Waals surface area contributed by atoms with Gasteiger partial charge in [0.1, 0.15) is 0 Å². The number of aliphatic imine (C=N–C) groups is 1. The Bertz CT molecular complexity index is 772. The molecule has 0 saturated heterocycles. The lowest BCUT2D eigenvalue weighted by Crippen LogP contribution is -2.39. The number of hydrogen-bond acceptors (Lipinski definition) is 2. The Morgan fingerprint density at radius 2 is 1.92 bits per heavy atom. The summed E-state index contributed by atoms with van der Waals surface area (Å²) in [6, 6.07) is 12.6. The van der Waals surface area contributed by atoms with E-state index in [1.807, 2.05) is 16.9 Å². The molecule has 0 unspecified atom stereocenters. The Labute approximate surface area is 142 Å². The normalized spacial score (nSPS) is 11.8. The first-order chi connectivity index (χ1) is 11.9. The van der Waals surface area contributed by atoms with Gasteiger partial charge in [0.25, 0.3) is 0 Å². The number of fused-ring (bicyclic) bond motifs is 1. The predicted octanol–water partition coefficient (Wildman–Crippen LogP) is 2.09. The summed E-state index contributed by atoms with van der Waals surface area (Å²) in [4.78, 5) is 4.25. The van der Waals surface area contributed by atoms with Gasteiger partial charge < -0.3 is 15.2 Å². The van der Waals surface area contributed by atoms with E-state index in [0.29, 0.717) is 0 Å². The van der Waals surface area contributed by atoms with Crippen LogP contribution in [-0.4, -0.2) is 40.4 Å². The first-order valence-corrected chi connectivity index (χ1v) is 8.32. The largest absolute Gasteiger partial charge is 0.356 e. The van der Waals surface area contributed by atoms with Crippen LogP contribution >= 0.6 is 0 Å². The van der Waals surface area contributed by atoms with Crippen LogP contribution in [0.2, 0.25) is 0 Å². The zero-order chi connectivity index (χ0) is 16.6. The van der Waals surface area contributed by atoms with Crippen LogP contribution in [0.15, 0.2) is 60.0 Å². The minimum Gasteiger partial charge on any atom is -0.356 e. The van der Waals surface area contributed by atoms with Crippen molar-refractivity contribution in [2.45, 2.75) is 19.5 Å². The van der Waals surface area contributed by atoms with Crippen LogP contribution in [0.4, 0.5) is 0 Å². The van der Waals surface area contributed by atoms with Crippen molar-refractivity contribution in [3.05, 3.63) is 55.0 Å². The molecule has 0 spiro atoms. The molecule has 1 aromatic carbocycles. The SMILES string of the molecule is CN=C(NCCCn1ccc2ccccc21)NCCn1cccn1. The fraction of sp³-hybridized carbons (Fsp3) is 0.333. The molecule has 0 atom stereocenters. The van der Waals surface area contributed by atoms with Gasteiger partial charge in [0.15, 0.2) is 5.96 Å². The molecule has 0 saturated carbocycles. The number of benzene rings is 1. The van der Waals surface area contributed by atoms with Crippen molar-refractivity contribution < 1.29 is 0 Å². The number of nitrogens with one attached hydrogen (secondary N) is 2. The van der Waals surface area contributed by atoms with E-state index in [-0.39, 0.29) is 0 Å². The molecule has 3 aromatic rings. The maximum atomic E-state index is 4.25. The second-order valence-electron chi connectivity index (χ2n) is 5.62. The highest BCUT2D eigenvalue weighted by Crippen LogP contribution is 2.15. The first-order valence-electron chi connectivity index (χ1n) is 8.32. The fourth-order valence-corrected chi connectivity index (χ4v) is 2.73. The van der Waals surface area contributed by atoms with Crippen LogP contribution in [0.25, 0.3) is 10.9 Å². The maximum Gasteiger partial charge on any atom is 0.191 e. The molecule has 0 radical (unpaired) electrons. The van der Waals surface area contributed by atoms with Gasteiger partial charge in [-0.3, -0.25) is 9.67 Å². The first kappa shape index (κ1) is 16.1. The van der Waals surface area contributed by atoms with E-state index in [0.717, 1.165) is 38.6 Å². The van der Waals surface area contributed by atoms with Gasteiger partial charge in [0.2, 0.25) is 0 Å². The zero-order valence-corrected chi connectivity index (χ0v) is 14.0. The monoisotopic (exact) mass is 324 g/mol. The molecule has 0 aliphatic rings. The van der Waals surface area contributed by atoms with Crippen LogP contribution < -0.4 is 10.6 Å². The molecule has 6 heteroatoms. The van der Waals surface area contributed by atoms with Crippen LogP contribution in [0.1, 0.15) is 6.42 Å². The molecule has 3 rings (SSSR count). The summed E-state index contributed by atoms with van der Waals surface area (Å²) >= 11 is 0.